The van der Waals surface area contributed by atoms with Crippen molar-refractivity contribution < 1.29 is 0 Å². The Morgan fingerprint density at radius 1 is 1.50 bits per heavy atom. The molecule has 5 heteroatoms. The normalized spacial score (nSPS) is 18.3. The van der Waals surface area contributed by atoms with Gasteiger partial charge in [0.2, 0.25) is 0 Å². The van der Waals surface area contributed by atoms with E-state index in [1.807, 2.05) is 6.07 Å². The van der Waals surface area contributed by atoms with Gasteiger partial charge >= 0.3 is 0 Å². The number of thiophene rings is 1. The second-order valence-electron chi connectivity index (χ2n) is 4.87. The molecule has 1 aromatic heterocycles. The SMILES string of the molecule is CC1CCN(C(N)=NCCc2ccc(Cl)s2)CC1. The molecule has 100 valence electrons. The van der Waals surface area contributed by atoms with Crippen LogP contribution in [0.3, 0.4) is 0 Å². The summed E-state index contributed by atoms with van der Waals surface area (Å²) in [5.41, 5.74) is 6.02. The van der Waals surface area contributed by atoms with E-state index < -0.39 is 0 Å². The number of rotatable bonds is 3. The average molecular weight is 286 g/mol. The van der Waals surface area contributed by atoms with Gasteiger partial charge in [-0.3, -0.25) is 4.99 Å². The predicted octanol–water partition coefficient (Wildman–Crippen LogP) is 2.99. The molecule has 0 bridgehead atoms. The average Bonchev–Trinajstić information content (AvgIpc) is 2.76. The monoisotopic (exact) mass is 285 g/mol. The van der Waals surface area contributed by atoms with Crippen LogP contribution < -0.4 is 5.73 Å². The molecule has 0 aromatic carbocycles. The molecule has 0 spiro atoms. The summed E-state index contributed by atoms with van der Waals surface area (Å²) >= 11 is 7.50. The molecule has 2 N–H and O–H groups in total. The van der Waals surface area contributed by atoms with Crippen molar-refractivity contribution in [3.8, 4) is 0 Å². The van der Waals surface area contributed by atoms with Gasteiger partial charge in [-0.1, -0.05) is 18.5 Å². The molecule has 3 nitrogen and oxygen atoms in total. The van der Waals surface area contributed by atoms with Crippen molar-refractivity contribution in [3.63, 3.8) is 0 Å². The highest BCUT2D eigenvalue weighted by Gasteiger charge is 2.16. The Kier molecular flexibility index (Phi) is 4.89. The topological polar surface area (TPSA) is 41.6 Å². The molecule has 0 radical (unpaired) electrons. The summed E-state index contributed by atoms with van der Waals surface area (Å²) in [6.45, 7) is 5.13. The molecule has 0 atom stereocenters. The summed E-state index contributed by atoms with van der Waals surface area (Å²) in [4.78, 5) is 7.92. The number of piperidine rings is 1. The van der Waals surface area contributed by atoms with Gasteiger partial charge in [-0.25, -0.2) is 0 Å². The van der Waals surface area contributed by atoms with E-state index in [4.69, 9.17) is 17.3 Å². The van der Waals surface area contributed by atoms with E-state index in [2.05, 4.69) is 22.9 Å². The summed E-state index contributed by atoms with van der Waals surface area (Å²) in [5, 5.41) is 0. The molecule has 2 rings (SSSR count). The standard InChI is InChI=1S/C13H20ClN3S/c1-10-5-8-17(9-6-10)13(15)16-7-4-11-2-3-12(14)18-11/h2-3,10H,4-9H2,1H3,(H2,15,16). The molecule has 1 fully saturated rings. The highest BCUT2D eigenvalue weighted by molar-refractivity contribution is 7.16. The second kappa shape index (κ2) is 6.43. The third-order valence-electron chi connectivity index (χ3n) is 3.37. The summed E-state index contributed by atoms with van der Waals surface area (Å²) < 4.78 is 0.840. The van der Waals surface area contributed by atoms with Crippen LogP contribution in [0, 0.1) is 5.92 Å². The number of likely N-dealkylation sites (tertiary alicyclic amines) is 1. The van der Waals surface area contributed by atoms with Crippen molar-refractivity contribution in [2.24, 2.45) is 16.6 Å². The molecule has 1 aliphatic rings. The molecule has 1 aliphatic heterocycles. The fourth-order valence-corrected chi connectivity index (χ4v) is 3.18. The zero-order chi connectivity index (χ0) is 13.0. The van der Waals surface area contributed by atoms with Crippen LogP contribution >= 0.6 is 22.9 Å². The van der Waals surface area contributed by atoms with Gasteiger partial charge in [0.15, 0.2) is 5.96 Å². The second-order valence-corrected chi connectivity index (χ2v) is 6.66. The highest BCUT2D eigenvalue weighted by atomic mass is 35.5. The first-order chi connectivity index (χ1) is 8.65. The van der Waals surface area contributed by atoms with E-state index >= 15 is 0 Å². The number of halogens is 1. The van der Waals surface area contributed by atoms with Crippen molar-refractivity contribution in [3.05, 3.63) is 21.3 Å². The van der Waals surface area contributed by atoms with Crippen LogP contribution in [-0.2, 0) is 6.42 Å². The smallest absolute Gasteiger partial charge is 0.191 e. The van der Waals surface area contributed by atoms with Gasteiger partial charge in [-0.05, 0) is 30.9 Å². The number of guanidine groups is 1. The van der Waals surface area contributed by atoms with Crippen LogP contribution in [0.1, 0.15) is 24.6 Å². The molecule has 18 heavy (non-hydrogen) atoms. The Morgan fingerprint density at radius 2 is 2.22 bits per heavy atom. The minimum atomic E-state index is 0.699. The van der Waals surface area contributed by atoms with Crippen molar-refractivity contribution in [1.29, 1.82) is 0 Å². The Bertz CT molecular complexity index is 408. The fraction of sp³-hybridized carbons (Fsp3) is 0.615. The van der Waals surface area contributed by atoms with Crippen LogP contribution in [0.25, 0.3) is 0 Å². The van der Waals surface area contributed by atoms with E-state index in [9.17, 15) is 0 Å². The maximum atomic E-state index is 6.02. The summed E-state index contributed by atoms with van der Waals surface area (Å²) in [7, 11) is 0. The number of aliphatic imine (C=N–C) groups is 1. The predicted molar refractivity (Wildman–Crippen MR) is 79.5 cm³/mol. The van der Waals surface area contributed by atoms with Gasteiger partial charge in [0, 0.05) is 30.9 Å². The minimum absolute atomic E-state index is 0.699. The third-order valence-corrected chi connectivity index (χ3v) is 4.66. The van der Waals surface area contributed by atoms with Crippen molar-refractivity contribution in [2.75, 3.05) is 19.6 Å². The van der Waals surface area contributed by atoms with Crippen LogP contribution in [-0.4, -0.2) is 30.5 Å². The molecule has 0 amide bonds. The molecule has 0 saturated carbocycles. The molecule has 0 aliphatic carbocycles. The van der Waals surface area contributed by atoms with Gasteiger partial charge in [-0.2, -0.15) is 0 Å². The highest BCUT2D eigenvalue weighted by Crippen LogP contribution is 2.21. The van der Waals surface area contributed by atoms with Crippen LogP contribution in [0.15, 0.2) is 17.1 Å². The van der Waals surface area contributed by atoms with Crippen LogP contribution in [0.5, 0.6) is 0 Å². The van der Waals surface area contributed by atoms with Crippen molar-refractivity contribution >= 4 is 28.9 Å². The first-order valence-corrected chi connectivity index (χ1v) is 7.63. The Labute approximate surface area is 118 Å². The van der Waals surface area contributed by atoms with Gasteiger partial charge in [0.05, 0.1) is 4.34 Å². The van der Waals surface area contributed by atoms with E-state index in [1.165, 1.54) is 17.7 Å². The molecule has 1 saturated heterocycles. The summed E-state index contributed by atoms with van der Waals surface area (Å²) in [6, 6.07) is 3.99. The first-order valence-electron chi connectivity index (χ1n) is 6.44. The molecule has 2 heterocycles. The molecule has 0 unspecified atom stereocenters. The van der Waals surface area contributed by atoms with Crippen molar-refractivity contribution in [1.82, 2.24) is 4.90 Å². The quantitative estimate of drug-likeness (QED) is 0.685. The number of nitrogens with two attached hydrogens (primary N) is 1. The lowest BCUT2D eigenvalue weighted by Crippen LogP contribution is -2.42. The zero-order valence-corrected chi connectivity index (χ0v) is 12.3. The number of hydrogen-bond donors (Lipinski definition) is 1. The van der Waals surface area contributed by atoms with Crippen LogP contribution in [0.2, 0.25) is 4.34 Å². The van der Waals surface area contributed by atoms with Crippen LogP contribution in [0.4, 0.5) is 0 Å². The van der Waals surface area contributed by atoms with E-state index in [0.29, 0.717) is 5.96 Å². The number of nitrogens with zero attached hydrogens (tertiary/aromatic N) is 2. The van der Waals surface area contributed by atoms with Gasteiger partial charge in [-0.15, -0.1) is 11.3 Å². The van der Waals surface area contributed by atoms with E-state index in [1.54, 1.807) is 11.3 Å². The van der Waals surface area contributed by atoms with Gasteiger partial charge in [0.1, 0.15) is 0 Å². The Balaban J connectivity index is 1.78. The summed E-state index contributed by atoms with van der Waals surface area (Å²) in [5.74, 6) is 1.52. The maximum Gasteiger partial charge on any atom is 0.191 e. The lowest BCUT2D eigenvalue weighted by molar-refractivity contribution is 0.277. The van der Waals surface area contributed by atoms with E-state index in [0.717, 1.165) is 36.3 Å². The maximum absolute atomic E-state index is 6.02. The fourth-order valence-electron chi connectivity index (χ4n) is 2.10. The lowest BCUT2D eigenvalue weighted by Gasteiger charge is -2.31. The van der Waals surface area contributed by atoms with Crippen molar-refractivity contribution in [2.45, 2.75) is 26.2 Å². The Hall–Kier alpha value is -0.740. The Morgan fingerprint density at radius 3 is 2.83 bits per heavy atom. The molecular formula is C13H20ClN3S. The van der Waals surface area contributed by atoms with Gasteiger partial charge < -0.3 is 10.6 Å². The largest absolute Gasteiger partial charge is 0.370 e. The zero-order valence-electron chi connectivity index (χ0n) is 10.7. The number of hydrogen-bond acceptors (Lipinski definition) is 2. The summed E-state index contributed by atoms with van der Waals surface area (Å²) in [6.07, 6.45) is 3.36. The lowest BCUT2D eigenvalue weighted by atomic mass is 10.00. The molecule has 1 aromatic rings. The third kappa shape index (κ3) is 3.89. The minimum Gasteiger partial charge on any atom is -0.370 e. The van der Waals surface area contributed by atoms with E-state index in [-0.39, 0.29) is 0 Å². The molecular weight excluding hydrogens is 266 g/mol. The first kappa shape index (κ1) is 13.7. The van der Waals surface area contributed by atoms with Gasteiger partial charge in [0.25, 0.3) is 0 Å².